The molecule has 3 heterocycles. The molecule has 0 aromatic rings. The van der Waals surface area contributed by atoms with Gasteiger partial charge in [0.2, 0.25) is 17.7 Å². The first kappa shape index (κ1) is 20.5. The van der Waals surface area contributed by atoms with E-state index < -0.39 is 29.6 Å². The molecule has 0 radical (unpaired) electrons. The fourth-order valence-electron chi connectivity index (χ4n) is 5.07. The van der Waals surface area contributed by atoms with Gasteiger partial charge < -0.3 is 25.4 Å². The van der Waals surface area contributed by atoms with Crippen molar-refractivity contribution in [1.82, 2.24) is 15.5 Å². The van der Waals surface area contributed by atoms with E-state index in [4.69, 9.17) is 4.74 Å². The van der Waals surface area contributed by atoms with E-state index in [0.717, 1.165) is 12.8 Å². The lowest BCUT2D eigenvalue weighted by Gasteiger charge is -2.34. The number of halogens is 1. The number of β-amino-alcohol motifs (C(OH)–C–C–N with tert-alkyl or cyclic N) is 1. The first-order valence-corrected chi connectivity index (χ1v) is 10.5. The molecule has 0 saturated carbocycles. The van der Waals surface area contributed by atoms with E-state index in [1.54, 1.807) is 0 Å². The standard InChI is InChI=1S/C18H28BrN3O5/c1-4-5-9(2)21-16(25)14-18-8-10(19)13(27-18)11(15(24)20-3)12(18)17(26)22(14)6-7-23/h9-14,23H,4-8H2,1-3H3,(H,20,24)(H,21,25)/t9?,10?,11-,12-,13-,14?,18?/m0/s1. The van der Waals surface area contributed by atoms with Gasteiger partial charge in [-0.25, -0.2) is 0 Å². The summed E-state index contributed by atoms with van der Waals surface area (Å²) in [5.41, 5.74) is -1.04. The van der Waals surface area contributed by atoms with Crippen molar-refractivity contribution in [1.29, 1.82) is 0 Å². The maximum Gasteiger partial charge on any atom is 0.246 e. The minimum atomic E-state index is -1.04. The Kier molecular flexibility index (Phi) is 5.84. The van der Waals surface area contributed by atoms with Crippen LogP contribution in [0.25, 0.3) is 0 Å². The molecule has 3 aliphatic rings. The van der Waals surface area contributed by atoms with Gasteiger partial charge in [-0.15, -0.1) is 0 Å². The van der Waals surface area contributed by atoms with Gasteiger partial charge >= 0.3 is 0 Å². The third-order valence-electron chi connectivity index (χ3n) is 6.04. The maximum atomic E-state index is 13.2. The third kappa shape index (κ3) is 3.07. The molecule has 8 nitrogen and oxygen atoms in total. The summed E-state index contributed by atoms with van der Waals surface area (Å²) in [4.78, 5) is 40.1. The number of carbonyl (C=O) groups excluding carboxylic acids is 3. The van der Waals surface area contributed by atoms with E-state index in [1.807, 2.05) is 13.8 Å². The zero-order valence-electron chi connectivity index (χ0n) is 15.9. The van der Waals surface area contributed by atoms with Crippen LogP contribution < -0.4 is 10.6 Å². The number of hydrogen-bond acceptors (Lipinski definition) is 5. The van der Waals surface area contributed by atoms with Crippen molar-refractivity contribution >= 4 is 33.7 Å². The minimum absolute atomic E-state index is 0.0304. The van der Waals surface area contributed by atoms with Gasteiger partial charge in [0.05, 0.1) is 24.5 Å². The second-order valence-corrected chi connectivity index (χ2v) is 8.91. The van der Waals surface area contributed by atoms with Crippen LogP contribution in [0.3, 0.4) is 0 Å². The zero-order chi connectivity index (χ0) is 19.9. The summed E-state index contributed by atoms with van der Waals surface area (Å²) in [6.07, 6.45) is 1.79. The van der Waals surface area contributed by atoms with Gasteiger partial charge in [0.15, 0.2) is 0 Å². The molecule has 9 heteroatoms. The number of carbonyl (C=O) groups is 3. The van der Waals surface area contributed by atoms with Crippen molar-refractivity contribution in [3.05, 3.63) is 0 Å². The smallest absolute Gasteiger partial charge is 0.246 e. The van der Waals surface area contributed by atoms with Crippen LogP contribution in [-0.2, 0) is 19.1 Å². The zero-order valence-corrected chi connectivity index (χ0v) is 17.5. The van der Waals surface area contributed by atoms with Crippen LogP contribution >= 0.6 is 15.9 Å². The van der Waals surface area contributed by atoms with Gasteiger partial charge in [0, 0.05) is 24.5 Å². The highest BCUT2D eigenvalue weighted by Crippen LogP contribution is 2.59. The number of ether oxygens (including phenoxy) is 1. The predicted octanol–water partition coefficient (Wildman–Crippen LogP) is -0.222. The van der Waals surface area contributed by atoms with E-state index in [0.29, 0.717) is 6.42 Å². The van der Waals surface area contributed by atoms with E-state index >= 15 is 0 Å². The Balaban J connectivity index is 1.97. The van der Waals surface area contributed by atoms with Crippen LogP contribution in [0.1, 0.15) is 33.1 Å². The molecule has 3 rings (SSSR count). The first-order chi connectivity index (χ1) is 12.8. The molecular weight excluding hydrogens is 418 g/mol. The van der Waals surface area contributed by atoms with Gasteiger partial charge in [-0.2, -0.15) is 0 Å². The van der Waals surface area contributed by atoms with Crippen LogP contribution in [0.2, 0.25) is 0 Å². The van der Waals surface area contributed by atoms with Crippen LogP contribution in [0.4, 0.5) is 0 Å². The topological polar surface area (TPSA) is 108 Å². The summed E-state index contributed by atoms with van der Waals surface area (Å²) in [6, 6.07) is -0.877. The Morgan fingerprint density at radius 1 is 1.44 bits per heavy atom. The van der Waals surface area contributed by atoms with Crippen LogP contribution in [0.5, 0.6) is 0 Å². The molecule has 1 spiro atoms. The molecule has 3 amide bonds. The molecule has 152 valence electrons. The summed E-state index contributed by atoms with van der Waals surface area (Å²) < 4.78 is 6.24. The van der Waals surface area contributed by atoms with E-state index in [1.165, 1.54) is 11.9 Å². The first-order valence-electron chi connectivity index (χ1n) is 9.57. The van der Waals surface area contributed by atoms with Crippen molar-refractivity contribution in [3.63, 3.8) is 0 Å². The number of fused-ring (bicyclic) bond motifs is 1. The largest absolute Gasteiger partial charge is 0.395 e. The molecule has 3 saturated heterocycles. The predicted molar refractivity (Wildman–Crippen MR) is 101 cm³/mol. The third-order valence-corrected chi connectivity index (χ3v) is 6.88. The summed E-state index contributed by atoms with van der Waals surface area (Å²) >= 11 is 3.58. The molecule has 0 aromatic carbocycles. The Hall–Kier alpha value is -1.19. The second-order valence-electron chi connectivity index (χ2n) is 7.73. The number of aliphatic hydroxyl groups is 1. The van der Waals surface area contributed by atoms with Crippen molar-refractivity contribution in [2.45, 2.75) is 61.7 Å². The van der Waals surface area contributed by atoms with Gasteiger partial charge in [0.1, 0.15) is 11.6 Å². The quantitative estimate of drug-likeness (QED) is 0.469. The molecule has 3 aliphatic heterocycles. The van der Waals surface area contributed by atoms with Gasteiger partial charge in [-0.1, -0.05) is 29.3 Å². The van der Waals surface area contributed by atoms with Crippen LogP contribution in [0, 0.1) is 11.8 Å². The molecule has 2 bridgehead atoms. The maximum absolute atomic E-state index is 13.2. The van der Waals surface area contributed by atoms with Gasteiger partial charge in [-0.05, 0) is 19.8 Å². The van der Waals surface area contributed by atoms with Crippen molar-refractivity contribution in [2.24, 2.45) is 11.8 Å². The lowest BCUT2D eigenvalue weighted by Crippen LogP contribution is -2.57. The Morgan fingerprint density at radius 2 is 2.15 bits per heavy atom. The van der Waals surface area contributed by atoms with E-state index in [2.05, 4.69) is 26.6 Å². The number of aliphatic hydroxyl groups excluding tert-OH is 1. The fourth-order valence-corrected chi connectivity index (χ4v) is 6.01. The van der Waals surface area contributed by atoms with Gasteiger partial charge in [0.25, 0.3) is 0 Å². The Labute approximate surface area is 167 Å². The second kappa shape index (κ2) is 7.67. The number of alkyl halides is 1. The highest BCUT2D eigenvalue weighted by atomic mass is 79.9. The van der Waals surface area contributed by atoms with Gasteiger partial charge in [-0.3, -0.25) is 14.4 Å². The highest BCUT2D eigenvalue weighted by Gasteiger charge is 2.76. The summed E-state index contributed by atoms with van der Waals surface area (Å²) in [6.45, 7) is 3.75. The molecule has 4 unspecified atom stereocenters. The molecule has 0 aliphatic carbocycles. The monoisotopic (exact) mass is 445 g/mol. The van der Waals surface area contributed by atoms with Crippen LogP contribution in [0.15, 0.2) is 0 Å². The molecule has 7 atom stereocenters. The summed E-state index contributed by atoms with van der Waals surface area (Å²) in [7, 11) is 1.53. The fraction of sp³-hybridized carbons (Fsp3) is 0.833. The van der Waals surface area contributed by atoms with Crippen molar-refractivity contribution in [3.8, 4) is 0 Å². The molecule has 3 N–H and O–H groups in total. The van der Waals surface area contributed by atoms with E-state index in [-0.39, 0.29) is 41.7 Å². The molecule has 3 fully saturated rings. The number of nitrogens with zero attached hydrogens (tertiary/aromatic N) is 1. The Bertz CT molecular complexity index is 632. The average molecular weight is 446 g/mol. The SMILES string of the molecule is CCCC(C)NC(=O)C1N(CCO)C(=O)[C@@H]2[C@H](C(=O)NC)[C@H]3OC12CC3Br. The minimum Gasteiger partial charge on any atom is -0.395 e. The summed E-state index contributed by atoms with van der Waals surface area (Å²) in [5, 5.41) is 15.1. The number of rotatable bonds is 7. The number of nitrogens with one attached hydrogen (secondary N) is 2. The van der Waals surface area contributed by atoms with Crippen molar-refractivity contribution < 1.29 is 24.2 Å². The lowest BCUT2D eigenvalue weighted by atomic mass is 9.70. The Morgan fingerprint density at radius 3 is 2.74 bits per heavy atom. The summed E-state index contributed by atoms with van der Waals surface area (Å²) in [5.74, 6) is -2.18. The van der Waals surface area contributed by atoms with E-state index in [9.17, 15) is 19.5 Å². The van der Waals surface area contributed by atoms with Crippen LogP contribution in [-0.4, -0.2) is 76.5 Å². The average Bonchev–Trinajstić information content (AvgIpc) is 3.19. The molecule has 0 aromatic heterocycles. The van der Waals surface area contributed by atoms with Crippen molar-refractivity contribution in [2.75, 3.05) is 20.2 Å². The lowest BCUT2D eigenvalue weighted by molar-refractivity contribution is -0.142. The number of likely N-dealkylation sites (tertiary alicyclic amines) is 1. The molecular formula is C18H28BrN3O5. The normalized spacial score (nSPS) is 38.0. The number of amides is 3. The highest BCUT2D eigenvalue weighted by molar-refractivity contribution is 9.09. The molecule has 27 heavy (non-hydrogen) atoms. The number of hydrogen-bond donors (Lipinski definition) is 3.